The largest absolute Gasteiger partial charge is 0.375 e. The van der Waals surface area contributed by atoms with Crippen LogP contribution in [0.25, 0.3) is 0 Å². The molecule has 0 N–H and O–H groups in total. The van der Waals surface area contributed by atoms with Gasteiger partial charge in [0.15, 0.2) is 0 Å². The maximum atomic E-state index is 11.9. The van der Waals surface area contributed by atoms with Gasteiger partial charge in [-0.1, -0.05) is 6.07 Å². The number of nitrogens with zero attached hydrogens (tertiary/aromatic N) is 1. The number of thiophene rings is 1. The monoisotopic (exact) mass is 211 g/mol. The van der Waals surface area contributed by atoms with Crippen LogP contribution >= 0.6 is 11.3 Å². The second-order valence-corrected chi connectivity index (χ2v) is 4.36. The van der Waals surface area contributed by atoms with Crippen molar-refractivity contribution in [2.24, 2.45) is 0 Å². The molecular weight excluding hydrogens is 198 g/mol. The average Bonchev–Trinajstić information content (AvgIpc) is 2.69. The lowest BCUT2D eigenvalue weighted by Gasteiger charge is -2.30. The standard InChI is InChI=1S/C10H13NO2S/c1-8-7-11(4-5-13-8)10(12)9-3-2-6-14-9/h2-3,6,8H,4-5,7H2,1H3/t8-/m1/s1. The smallest absolute Gasteiger partial charge is 0.264 e. The van der Waals surface area contributed by atoms with Crippen molar-refractivity contribution in [1.82, 2.24) is 4.90 Å². The molecule has 0 radical (unpaired) electrons. The van der Waals surface area contributed by atoms with Gasteiger partial charge in [-0.2, -0.15) is 0 Å². The molecule has 1 aliphatic rings. The first-order chi connectivity index (χ1) is 6.77. The summed E-state index contributed by atoms with van der Waals surface area (Å²) in [4.78, 5) is 14.6. The predicted molar refractivity (Wildman–Crippen MR) is 55.6 cm³/mol. The van der Waals surface area contributed by atoms with E-state index in [4.69, 9.17) is 4.74 Å². The van der Waals surface area contributed by atoms with Crippen LogP contribution in [0.5, 0.6) is 0 Å². The molecule has 0 aromatic carbocycles. The molecule has 1 aromatic heterocycles. The maximum absolute atomic E-state index is 11.9. The van der Waals surface area contributed by atoms with Crippen LogP contribution in [-0.4, -0.2) is 36.6 Å². The number of hydrogen-bond donors (Lipinski definition) is 0. The summed E-state index contributed by atoms with van der Waals surface area (Å²) in [6, 6.07) is 3.77. The minimum Gasteiger partial charge on any atom is -0.375 e. The lowest BCUT2D eigenvalue weighted by molar-refractivity contribution is -0.0122. The van der Waals surface area contributed by atoms with E-state index in [1.807, 2.05) is 29.3 Å². The van der Waals surface area contributed by atoms with Crippen LogP contribution in [-0.2, 0) is 4.74 Å². The molecule has 0 unspecified atom stereocenters. The summed E-state index contributed by atoms with van der Waals surface area (Å²) >= 11 is 1.49. The minimum absolute atomic E-state index is 0.134. The SMILES string of the molecule is C[C@@H]1CN(C(=O)c2cccs2)CCO1. The highest BCUT2D eigenvalue weighted by Gasteiger charge is 2.22. The van der Waals surface area contributed by atoms with E-state index in [0.717, 1.165) is 4.88 Å². The Balaban J connectivity index is 2.04. The Bertz CT molecular complexity index is 310. The summed E-state index contributed by atoms with van der Waals surface area (Å²) in [6.07, 6.45) is 0.160. The van der Waals surface area contributed by atoms with Gasteiger partial charge >= 0.3 is 0 Å². The molecule has 1 aliphatic heterocycles. The molecule has 1 saturated heterocycles. The van der Waals surface area contributed by atoms with Crippen LogP contribution in [0, 0.1) is 0 Å². The summed E-state index contributed by atoms with van der Waals surface area (Å²) in [5.74, 6) is 0.134. The van der Waals surface area contributed by atoms with Crippen molar-refractivity contribution in [3.8, 4) is 0 Å². The molecule has 2 rings (SSSR count). The molecule has 0 saturated carbocycles. The number of carbonyl (C=O) groups is 1. The van der Waals surface area contributed by atoms with Gasteiger partial charge in [-0.3, -0.25) is 4.79 Å². The molecule has 14 heavy (non-hydrogen) atoms. The summed E-state index contributed by atoms with van der Waals surface area (Å²) in [5, 5.41) is 1.93. The number of amides is 1. The summed E-state index contributed by atoms with van der Waals surface area (Å²) in [5.41, 5.74) is 0. The van der Waals surface area contributed by atoms with Crippen LogP contribution in [0.2, 0.25) is 0 Å². The summed E-state index contributed by atoms with van der Waals surface area (Å²) < 4.78 is 5.39. The lowest BCUT2D eigenvalue weighted by Crippen LogP contribution is -2.44. The highest BCUT2D eigenvalue weighted by atomic mass is 32.1. The second kappa shape index (κ2) is 4.11. The van der Waals surface area contributed by atoms with E-state index in [1.54, 1.807) is 0 Å². The first-order valence-corrected chi connectivity index (χ1v) is 5.59. The zero-order valence-electron chi connectivity index (χ0n) is 8.10. The molecule has 0 aliphatic carbocycles. The molecular formula is C10H13NO2S. The second-order valence-electron chi connectivity index (χ2n) is 3.41. The zero-order valence-corrected chi connectivity index (χ0v) is 8.92. The van der Waals surface area contributed by atoms with Crippen molar-refractivity contribution >= 4 is 17.2 Å². The van der Waals surface area contributed by atoms with E-state index in [0.29, 0.717) is 19.7 Å². The molecule has 1 aromatic rings. The normalized spacial score (nSPS) is 22.4. The Kier molecular flexibility index (Phi) is 2.84. The van der Waals surface area contributed by atoms with Crippen molar-refractivity contribution < 1.29 is 9.53 Å². The van der Waals surface area contributed by atoms with E-state index < -0.39 is 0 Å². The number of morpholine rings is 1. The predicted octanol–water partition coefficient (Wildman–Crippen LogP) is 1.61. The molecule has 0 spiro atoms. The first-order valence-electron chi connectivity index (χ1n) is 4.72. The molecule has 1 amide bonds. The van der Waals surface area contributed by atoms with Crippen molar-refractivity contribution in [1.29, 1.82) is 0 Å². The van der Waals surface area contributed by atoms with Gasteiger partial charge in [0, 0.05) is 13.1 Å². The van der Waals surface area contributed by atoms with Gasteiger partial charge in [0.05, 0.1) is 17.6 Å². The Hall–Kier alpha value is -0.870. The molecule has 1 atom stereocenters. The first kappa shape index (κ1) is 9.68. The van der Waals surface area contributed by atoms with Gasteiger partial charge in [0.1, 0.15) is 0 Å². The summed E-state index contributed by atoms with van der Waals surface area (Å²) in [7, 11) is 0. The average molecular weight is 211 g/mol. The lowest BCUT2D eigenvalue weighted by atomic mass is 10.3. The van der Waals surface area contributed by atoms with Gasteiger partial charge in [0.2, 0.25) is 0 Å². The topological polar surface area (TPSA) is 29.5 Å². The van der Waals surface area contributed by atoms with Crippen molar-refractivity contribution in [3.05, 3.63) is 22.4 Å². The van der Waals surface area contributed by atoms with E-state index >= 15 is 0 Å². The van der Waals surface area contributed by atoms with Crippen molar-refractivity contribution in [2.75, 3.05) is 19.7 Å². The molecule has 1 fully saturated rings. The molecule has 3 nitrogen and oxygen atoms in total. The van der Waals surface area contributed by atoms with Gasteiger partial charge in [0.25, 0.3) is 5.91 Å². The zero-order chi connectivity index (χ0) is 9.97. The van der Waals surface area contributed by atoms with Crippen LogP contribution in [0.15, 0.2) is 17.5 Å². The number of hydrogen-bond acceptors (Lipinski definition) is 3. The highest BCUT2D eigenvalue weighted by molar-refractivity contribution is 7.12. The van der Waals surface area contributed by atoms with Crippen LogP contribution in [0.4, 0.5) is 0 Å². The molecule has 76 valence electrons. The fourth-order valence-corrected chi connectivity index (χ4v) is 2.25. The third-order valence-electron chi connectivity index (χ3n) is 2.26. The van der Waals surface area contributed by atoms with E-state index in [-0.39, 0.29) is 12.0 Å². The van der Waals surface area contributed by atoms with Gasteiger partial charge in [-0.25, -0.2) is 0 Å². The van der Waals surface area contributed by atoms with Crippen molar-refractivity contribution in [3.63, 3.8) is 0 Å². The Morgan fingerprint density at radius 3 is 3.21 bits per heavy atom. The van der Waals surface area contributed by atoms with Gasteiger partial charge < -0.3 is 9.64 Å². The Labute approximate surface area is 87.3 Å². The Morgan fingerprint density at radius 1 is 1.71 bits per heavy atom. The van der Waals surface area contributed by atoms with E-state index in [2.05, 4.69) is 0 Å². The maximum Gasteiger partial charge on any atom is 0.264 e. The third-order valence-corrected chi connectivity index (χ3v) is 3.12. The third kappa shape index (κ3) is 1.96. The van der Waals surface area contributed by atoms with Crippen LogP contribution < -0.4 is 0 Å². The highest BCUT2D eigenvalue weighted by Crippen LogP contribution is 2.14. The van der Waals surface area contributed by atoms with Crippen LogP contribution in [0.3, 0.4) is 0 Å². The van der Waals surface area contributed by atoms with Gasteiger partial charge in [-0.05, 0) is 18.4 Å². The molecule has 2 heterocycles. The Morgan fingerprint density at radius 2 is 2.57 bits per heavy atom. The van der Waals surface area contributed by atoms with Gasteiger partial charge in [-0.15, -0.1) is 11.3 Å². The van der Waals surface area contributed by atoms with Crippen LogP contribution in [0.1, 0.15) is 16.6 Å². The van der Waals surface area contributed by atoms with E-state index in [9.17, 15) is 4.79 Å². The quantitative estimate of drug-likeness (QED) is 0.706. The molecule has 0 bridgehead atoms. The minimum atomic E-state index is 0.134. The fraction of sp³-hybridized carbons (Fsp3) is 0.500. The van der Waals surface area contributed by atoms with E-state index in [1.165, 1.54) is 11.3 Å². The fourth-order valence-electron chi connectivity index (χ4n) is 1.56. The number of ether oxygens (including phenoxy) is 1. The summed E-state index contributed by atoms with van der Waals surface area (Å²) in [6.45, 7) is 4.06. The number of carbonyl (C=O) groups excluding carboxylic acids is 1. The molecule has 4 heteroatoms. The van der Waals surface area contributed by atoms with Crippen molar-refractivity contribution in [2.45, 2.75) is 13.0 Å². The number of rotatable bonds is 1.